The van der Waals surface area contributed by atoms with Gasteiger partial charge in [0.15, 0.2) is 0 Å². The van der Waals surface area contributed by atoms with Gasteiger partial charge in [-0.05, 0) is 41.8 Å². The molecule has 0 aliphatic heterocycles. The molecule has 2 aromatic carbocycles. The molecule has 0 N–H and O–H groups in total. The summed E-state index contributed by atoms with van der Waals surface area (Å²) in [7, 11) is 0. The van der Waals surface area contributed by atoms with Gasteiger partial charge in [0.25, 0.3) is 0 Å². The Morgan fingerprint density at radius 2 is 1.83 bits per heavy atom. The summed E-state index contributed by atoms with van der Waals surface area (Å²) in [6.45, 7) is 0. The van der Waals surface area contributed by atoms with Crippen molar-refractivity contribution in [3.63, 3.8) is 0 Å². The average molecular weight is 328 g/mol. The molecule has 0 nitrogen and oxygen atoms in total. The SMILES string of the molecule is Fc1ccc(CC(CCl)c2cccc(Br)c2)cc1. The third-order valence-corrected chi connectivity index (χ3v) is 3.77. The molecule has 3 heteroatoms. The maximum absolute atomic E-state index is 12.8. The van der Waals surface area contributed by atoms with Gasteiger partial charge in [0, 0.05) is 16.3 Å². The molecule has 0 bridgehead atoms. The molecule has 0 radical (unpaired) electrons. The lowest BCUT2D eigenvalue weighted by Gasteiger charge is -2.14. The van der Waals surface area contributed by atoms with Crippen LogP contribution >= 0.6 is 27.5 Å². The van der Waals surface area contributed by atoms with E-state index in [-0.39, 0.29) is 11.7 Å². The van der Waals surface area contributed by atoms with Crippen molar-refractivity contribution in [2.24, 2.45) is 0 Å². The Bertz CT molecular complexity index is 510. The summed E-state index contributed by atoms with van der Waals surface area (Å²) in [6, 6.07) is 14.7. The van der Waals surface area contributed by atoms with Crippen molar-refractivity contribution < 1.29 is 4.39 Å². The van der Waals surface area contributed by atoms with Crippen LogP contribution in [0.15, 0.2) is 53.0 Å². The van der Waals surface area contributed by atoms with Crippen LogP contribution in [0.1, 0.15) is 17.0 Å². The van der Waals surface area contributed by atoms with Gasteiger partial charge in [0.1, 0.15) is 5.82 Å². The van der Waals surface area contributed by atoms with Crippen LogP contribution in [0.4, 0.5) is 4.39 Å². The fraction of sp³-hybridized carbons (Fsp3) is 0.200. The number of halogens is 3. The molecular weight excluding hydrogens is 315 g/mol. The van der Waals surface area contributed by atoms with Gasteiger partial charge in [-0.1, -0.05) is 40.2 Å². The van der Waals surface area contributed by atoms with Crippen LogP contribution in [0.5, 0.6) is 0 Å². The lowest BCUT2D eigenvalue weighted by Crippen LogP contribution is -2.04. The van der Waals surface area contributed by atoms with Crippen molar-refractivity contribution in [3.8, 4) is 0 Å². The molecule has 1 unspecified atom stereocenters. The van der Waals surface area contributed by atoms with Crippen molar-refractivity contribution in [1.82, 2.24) is 0 Å². The molecule has 0 fully saturated rings. The van der Waals surface area contributed by atoms with Gasteiger partial charge in [-0.2, -0.15) is 0 Å². The Balaban J connectivity index is 2.17. The summed E-state index contributed by atoms with van der Waals surface area (Å²) in [5.74, 6) is 0.589. The van der Waals surface area contributed by atoms with Gasteiger partial charge in [-0.15, -0.1) is 11.6 Å². The monoisotopic (exact) mass is 326 g/mol. The largest absolute Gasteiger partial charge is 0.207 e. The highest BCUT2D eigenvalue weighted by molar-refractivity contribution is 9.10. The quantitative estimate of drug-likeness (QED) is 0.681. The number of benzene rings is 2. The van der Waals surface area contributed by atoms with Gasteiger partial charge < -0.3 is 0 Å². The summed E-state index contributed by atoms with van der Waals surface area (Å²) in [4.78, 5) is 0. The maximum Gasteiger partial charge on any atom is 0.123 e. The molecule has 0 saturated carbocycles. The molecule has 0 saturated heterocycles. The zero-order valence-electron chi connectivity index (χ0n) is 9.74. The number of hydrogen-bond donors (Lipinski definition) is 0. The summed E-state index contributed by atoms with van der Waals surface area (Å²) < 4.78 is 13.9. The maximum atomic E-state index is 12.8. The van der Waals surface area contributed by atoms with Crippen LogP contribution in [0, 0.1) is 5.82 Å². The minimum absolute atomic E-state index is 0.205. The van der Waals surface area contributed by atoms with Gasteiger partial charge in [-0.3, -0.25) is 0 Å². The minimum atomic E-state index is -0.205. The molecule has 0 aliphatic rings. The van der Waals surface area contributed by atoms with Gasteiger partial charge in [0.05, 0.1) is 0 Å². The molecule has 0 spiro atoms. The summed E-state index contributed by atoms with van der Waals surface area (Å²) in [5.41, 5.74) is 2.30. The highest BCUT2D eigenvalue weighted by Gasteiger charge is 2.11. The van der Waals surface area contributed by atoms with Crippen molar-refractivity contribution in [1.29, 1.82) is 0 Å². The van der Waals surface area contributed by atoms with Crippen molar-refractivity contribution in [2.75, 3.05) is 5.88 Å². The molecule has 2 rings (SSSR count). The van der Waals surface area contributed by atoms with Crippen LogP contribution in [-0.4, -0.2) is 5.88 Å². The fourth-order valence-corrected chi connectivity index (χ4v) is 2.63. The Kier molecular flexibility index (Phi) is 4.79. The Hall–Kier alpha value is -0.860. The van der Waals surface area contributed by atoms with E-state index in [9.17, 15) is 4.39 Å². The van der Waals surface area contributed by atoms with E-state index in [2.05, 4.69) is 28.1 Å². The highest BCUT2D eigenvalue weighted by Crippen LogP contribution is 2.25. The molecule has 2 aromatic rings. The molecule has 0 amide bonds. The van der Waals surface area contributed by atoms with Crippen molar-refractivity contribution in [3.05, 3.63) is 69.9 Å². The van der Waals surface area contributed by atoms with E-state index in [1.54, 1.807) is 0 Å². The van der Waals surface area contributed by atoms with E-state index in [1.165, 1.54) is 17.7 Å². The van der Waals surface area contributed by atoms with E-state index in [0.717, 1.165) is 16.5 Å². The first-order valence-corrected chi connectivity index (χ1v) is 7.07. The fourth-order valence-electron chi connectivity index (χ4n) is 1.93. The minimum Gasteiger partial charge on any atom is -0.207 e. The average Bonchev–Trinajstić information content (AvgIpc) is 2.38. The smallest absolute Gasteiger partial charge is 0.123 e. The van der Waals surface area contributed by atoms with E-state index < -0.39 is 0 Å². The number of alkyl halides is 1. The van der Waals surface area contributed by atoms with Crippen LogP contribution in [0.3, 0.4) is 0 Å². The van der Waals surface area contributed by atoms with Crippen LogP contribution in [0.25, 0.3) is 0 Å². The molecule has 0 aromatic heterocycles. The third kappa shape index (κ3) is 3.56. The molecule has 94 valence electrons. The van der Waals surface area contributed by atoms with E-state index in [1.807, 2.05) is 24.3 Å². The second-order valence-corrected chi connectivity index (χ2v) is 5.46. The summed E-state index contributed by atoms with van der Waals surface area (Å²) in [6.07, 6.45) is 0.820. The molecule has 0 aliphatic carbocycles. The van der Waals surface area contributed by atoms with Crippen LogP contribution in [0.2, 0.25) is 0 Å². The summed E-state index contributed by atoms with van der Waals surface area (Å²) in [5, 5.41) is 0. The normalized spacial score (nSPS) is 12.4. The molecule has 1 atom stereocenters. The van der Waals surface area contributed by atoms with Crippen LogP contribution in [-0.2, 0) is 6.42 Å². The lowest BCUT2D eigenvalue weighted by atomic mass is 9.94. The van der Waals surface area contributed by atoms with E-state index >= 15 is 0 Å². The van der Waals surface area contributed by atoms with Crippen molar-refractivity contribution in [2.45, 2.75) is 12.3 Å². The van der Waals surface area contributed by atoms with Crippen LogP contribution < -0.4 is 0 Å². The van der Waals surface area contributed by atoms with Gasteiger partial charge in [0.2, 0.25) is 0 Å². The predicted molar refractivity (Wildman–Crippen MR) is 77.7 cm³/mol. The first kappa shape index (κ1) is 13.6. The number of rotatable bonds is 4. The second kappa shape index (κ2) is 6.35. The van der Waals surface area contributed by atoms with Gasteiger partial charge in [-0.25, -0.2) is 4.39 Å². The van der Waals surface area contributed by atoms with Crippen molar-refractivity contribution >= 4 is 27.5 Å². The van der Waals surface area contributed by atoms with E-state index in [4.69, 9.17) is 11.6 Å². The second-order valence-electron chi connectivity index (χ2n) is 4.24. The van der Waals surface area contributed by atoms with E-state index in [0.29, 0.717) is 5.88 Å². The Morgan fingerprint density at radius 1 is 1.11 bits per heavy atom. The zero-order valence-corrected chi connectivity index (χ0v) is 12.1. The standard InChI is InChI=1S/C15H13BrClF/c16-14-3-1-2-12(9-14)13(10-17)8-11-4-6-15(18)7-5-11/h1-7,9,13H,8,10H2. The topological polar surface area (TPSA) is 0 Å². The Labute approximate surface area is 120 Å². The Morgan fingerprint density at radius 3 is 2.44 bits per heavy atom. The predicted octanol–water partition coefficient (Wildman–Crippen LogP) is 5.15. The number of hydrogen-bond acceptors (Lipinski definition) is 0. The first-order valence-electron chi connectivity index (χ1n) is 5.75. The molecular formula is C15H13BrClF. The third-order valence-electron chi connectivity index (χ3n) is 2.90. The first-order chi connectivity index (χ1) is 8.69. The zero-order chi connectivity index (χ0) is 13.0. The lowest BCUT2D eigenvalue weighted by molar-refractivity contribution is 0.626. The van der Waals surface area contributed by atoms with Gasteiger partial charge >= 0.3 is 0 Å². The summed E-state index contributed by atoms with van der Waals surface area (Å²) >= 11 is 9.51. The highest BCUT2D eigenvalue weighted by atomic mass is 79.9. The molecule has 0 heterocycles. The molecule has 18 heavy (non-hydrogen) atoms.